The first-order valence-electron chi connectivity index (χ1n) is 4.41. The van der Waals surface area contributed by atoms with E-state index in [-0.39, 0.29) is 18.3 Å². The monoisotopic (exact) mass is 210 g/mol. The number of aliphatic hydroxyl groups is 1. The smallest absolute Gasteiger partial charge is 0.264 e. The fourth-order valence-electron chi connectivity index (χ4n) is 1.27. The molecule has 0 rings (SSSR count). The molecule has 80 valence electrons. The zero-order valence-electron chi connectivity index (χ0n) is 8.10. The maximum Gasteiger partial charge on any atom is 0.264 e. The molecule has 0 bridgehead atoms. The highest BCUT2D eigenvalue weighted by atomic mass is 32.2. The first-order chi connectivity index (χ1) is 5.85. The van der Waals surface area contributed by atoms with Crippen LogP contribution in [0.25, 0.3) is 0 Å². The summed E-state index contributed by atoms with van der Waals surface area (Å²) >= 11 is 0. The quantitative estimate of drug-likeness (QED) is 0.639. The highest BCUT2D eigenvalue weighted by molar-refractivity contribution is 7.85. The molecular weight excluding hydrogens is 192 g/mol. The van der Waals surface area contributed by atoms with Gasteiger partial charge in [0.2, 0.25) is 0 Å². The van der Waals surface area contributed by atoms with Gasteiger partial charge in [-0.25, -0.2) is 0 Å². The Labute approximate surface area is 79.7 Å². The van der Waals surface area contributed by atoms with Crippen LogP contribution in [-0.2, 0) is 10.1 Å². The van der Waals surface area contributed by atoms with Gasteiger partial charge in [0.25, 0.3) is 10.1 Å². The second kappa shape index (κ2) is 5.57. The SMILES string of the molecule is CC(C)CC(CO)CCS(=O)(=O)O. The van der Waals surface area contributed by atoms with E-state index < -0.39 is 10.1 Å². The minimum atomic E-state index is -3.88. The summed E-state index contributed by atoms with van der Waals surface area (Å²) in [5.41, 5.74) is 0. The van der Waals surface area contributed by atoms with Crippen molar-refractivity contribution in [3.8, 4) is 0 Å². The summed E-state index contributed by atoms with van der Waals surface area (Å²) in [4.78, 5) is 0. The van der Waals surface area contributed by atoms with Gasteiger partial charge in [-0.2, -0.15) is 8.42 Å². The molecule has 0 aromatic heterocycles. The summed E-state index contributed by atoms with van der Waals surface area (Å²) < 4.78 is 29.3. The number of hydrogen-bond donors (Lipinski definition) is 2. The van der Waals surface area contributed by atoms with Crippen LogP contribution in [0.5, 0.6) is 0 Å². The van der Waals surface area contributed by atoms with Crippen molar-refractivity contribution < 1.29 is 18.1 Å². The lowest BCUT2D eigenvalue weighted by atomic mass is 9.96. The molecule has 0 saturated heterocycles. The Kier molecular flexibility index (Phi) is 5.51. The lowest BCUT2D eigenvalue weighted by molar-refractivity contribution is 0.202. The van der Waals surface area contributed by atoms with Gasteiger partial charge in [-0.3, -0.25) is 4.55 Å². The molecule has 0 aromatic carbocycles. The van der Waals surface area contributed by atoms with Crippen LogP contribution in [0.3, 0.4) is 0 Å². The normalized spacial score (nSPS) is 14.8. The van der Waals surface area contributed by atoms with Crippen LogP contribution >= 0.6 is 0 Å². The van der Waals surface area contributed by atoms with Gasteiger partial charge < -0.3 is 5.11 Å². The standard InChI is InChI=1S/C8H18O4S/c1-7(2)5-8(6-9)3-4-13(10,11)12/h7-9H,3-6H2,1-2H3,(H,10,11,12). The van der Waals surface area contributed by atoms with Gasteiger partial charge in [0.05, 0.1) is 5.75 Å². The maximum atomic E-state index is 10.4. The van der Waals surface area contributed by atoms with Crippen LogP contribution in [-0.4, -0.2) is 30.4 Å². The van der Waals surface area contributed by atoms with E-state index in [1.807, 2.05) is 13.8 Å². The van der Waals surface area contributed by atoms with Gasteiger partial charge in [-0.1, -0.05) is 13.8 Å². The number of rotatable bonds is 6. The molecule has 0 radical (unpaired) electrons. The third-order valence-corrected chi connectivity index (χ3v) is 2.60. The summed E-state index contributed by atoms with van der Waals surface area (Å²) in [5, 5.41) is 8.90. The van der Waals surface area contributed by atoms with E-state index in [4.69, 9.17) is 9.66 Å². The molecule has 13 heavy (non-hydrogen) atoms. The van der Waals surface area contributed by atoms with E-state index in [0.29, 0.717) is 12.3 Å². The van der Waals surface area contributed by atoms with E-state index in [1.54, 1.807) is 0 Å². The van der Waals surface area contributed by atoms with Crippen LogP contribution in [0, 0.1) is 11.8 Å². The molecule has 0 aliphatic heterocycles. The van der Waals surface area contributed by atoms with Crippen molar-refractivity contribution in [1.29, 1.82) is 0 Å². The Morgan fingerprint density at radius 1 is 1.31 bits per heavy atom. The van der Waals surface area contributed by atoms with Crippen molar-refractivity contribution >= 4 is 10.1 Å². The third kappa shape index (κ3) is 8.21. The van der Waals surface area contributed by atoms with Crippen molar-refractivity contribution in [2.24, 2.45) is 11.8 Å². The van der Waals surface area contributed by atoms with E-state index in [2.05, 4.69) is 0 Å². The molecule has 2 N–H and O–H groups in total. The second-order valence-corrected chi connectivity index (χ2v) is 5.32. The average molecular weight is 210 g/mol. The molecule has 0 aliphatic carbocycles. The van der Waals surface area contributed by atoms with Crippen molar-refractivity contribution in [2.75, 3.05) is 12.4 Å². The molecule has 0 heterocycles. The van der Waals surface area contributed by atoms with Crippen LogP contribution in [0.15, 0.2) is 0 Å². The van der Waals surface area contributed by atoms with Crippen molar-refractivity contribution in [3.63, 3.8) is 0 Å². The first-order valence-corrected chi connectivity index (χ1v) is 6.02. The second-order valence-electron chi connectivity index (χ2n) is 3.75. The Balaban J connectivity index is 3.86. The van der Waals surface area contributed by atoms with Crippen LogP contribution in [0.2, 0.25) is 0 Å². The lowest BCUT2D eigenvalue weighted by Crippen LogP contribution is -2.15. The zero-order chi connectivity index (χ0) is 10.5. The predicted octanol–water partition coefficient (Wildman–Crippen LogP) is 0.919. The summed E-state index contributed by atoms with van der Waals surface area (Å²) in [6.07, 6.45) is 1.11. The average Bonchev–Trinajstić information content (AvgIpc) is 1.95. The third-order valence-electron chi connectivity index (χ3n) is 1.85. The van der Waals surface area contributed by atoms with Gasteiger partial charge in [-0.15, -0.1) is 0 Å². The van der Waals surface area contributed by atoms with Crippen LogP contribution in [0.1, 0.15) is 26.7 Å². The molecule has 1 unspecified atom stereocenters. The highest BCUT2D eigenvalue weighted by Crippen LogP contribution is 2.15. The van der Waals surface area contributed by atoms with Crippen LogP contribution < -0.4 is 0 Å². The molecule has 4 nitrogen and oxygen atoms in total. The van der Waals surface area contributed by atoms with Gasteiger partial charge in [0.1, 0.15) is 0 Å². The molecule has 1 atom stereocenters. The van der Waals surface area contributed by atoms with Gasteiger partial charge in [0, 0.05) is 6.61 Å². The summed E-state index contributed by atoms with van der Waals surface area (Å²) in [6.45, 7) is 4.00. The van der Waals surface area contributed by atoms with Crippen molar-refractivity contribution in [2.45, 2.75) is 26.7 Å². The predicted molar refractivity (Wildman–Crippen MR) is 51.1 cm³/mol. The van der Waals surface area contributed by atoms with Gasteiger partial charge >= 0.3 is 0 Å². The Hall–Kier alpha value is -0.130. The topological polar surface area (TPSA) is 74.6 Å². The van der Waals surface area contributed by atoms with E-state index in [9.17, 15) is 8.42 Å². The molecule has 0 aromatic rings. The van der Waals surface area contributed by atoms with Gasteiger partial charge in [-0.05, 0) is 24.7 Å². The van der Waals surface area contributed by atoms with Crippen LogP contribution in [0.4, 0.5) is 0 Å². The Morgan fingerprint density at radius 3 is 2.15 bits per heavy atom. The number of hydrogen-bond acceptors (Lipinski definition) is 3. The summed E-state index contributed by atoms with van der Waals surface area (Å²) in [6, 6.07) is 0. The summed E-state index contributed by atoms with van der Waals surface area (Å²) in [5.74, 6) is 0.144. The molecule has 0 amide bonds. The fraction of sp³-hybridized carbons (Fsp3) is 1.00. The highest BCUT2D eigenvalue weighted by Gasteiger charge is 2.13. The Bertz CT molecular complexity index is 220. The molecule has 0 spiro atoms. The molecule has 0 saturated carbocycles. The zero-order valence-corrected chi connectivity index (χ0v) is 8.92. The first kappa shape index (κ1) is 12.9. The maximum absolute atomic E-state index is 10.4. The largest absolute Gasteiger partial charge is 0.396 e. The molecule has 0 aliphatic rings. The number of aliphatic hydroxyl groups excluding tert-OH is 1. The molecular formula is C8H18O4S. The van der Waals surface area contributed by atoms with E-state index in [0.717, 1.165) is 6.42 Å². The lowest BCUT2D eigenvalue weighted by Gasteiger charge is -2.14. The minimum absolute atomic E-state index is 0.0201. The molecule has 5 heteroatoms. The fourth-order valence-corrected chi connectivity index (χ4v) is 1.90. The van der Waals surface area contributed by atoms with E-state index in [1.165, 1.54) is 0 Å². The Morgan fingerprint density at radius 2 is 1.85 bits per heavy atom. The summed E-state index contributed by atoms with van der Waals surface area (Å²) in [7, 11) is -3.88. The molecule has 0 fully saturated rings. The minimum Gasteiger partial charge on any atom is -0.396 e. The van der Waals surface area contributed by atoms with Crippen molar-refractivity contribution in [3.05, 3.63) is 0 Å². The van der Waals surface area contributed by atoms with Gasteiger partial charge in [0.15, 0.2) is 0 Å². The van der Waals surface area contributed by atoms with E-state index >= 15 is 0 Å². The van der Waals surface area contributed by atoms with Crippen molar-refractivity contribution in [1.82, 2.24) is 0 Å².